The topological polar surface area (TPSA) is 66.0 Å². The summed E-state index contributed by atoms with van der Waals surface area (Å²) < 4.78 is 19.8. The van der Waals surface area contributed by atoms with Gasteiger partial charge in [-0.3, -0.25) is 0 Å². The zero-order chi connectivity index (χ0) is 16.9. The Balaban J connectivity index is 1.56. The molecule has 3 rings (SSSR count). The van der Waals surface area contributed by atoms with Gasteiger partial charge >= 0.3 is 0 Å². The van der Waals surface area contributed by atoms with Crippen LogP contribution in [0.1, 0.15) is 0 Å². The standard InChI is InChI=1S/C16H14ClFN4OS/c17-12-3-1-11(2-4-12)15-20-21-16(22(15)19)24-10-9-23-14-7-5-13(18)6-8-14/h1-8H,9-10,19H2. The third kappa shape index (κ3) is 3.98. The third-order valence-corrected chi connectivity index (χ3v) is 4.32. The maximum absolute atomic E-state index is 12.8. The number of thioether (sulfide) groups is 1. The lowest BCUT2D eigenvalue weighted by Gasteiger charge is -2.06. The fraction of sp³-hybridized carbons (Fsp3) is 0.125. The average Bonchev–Trinajstić information content (AvgIpc) is 2.95. The number of rotatable bonds is 6. The van der Waals surface area contributed by atoms with Crippen LogP contribution in [0.15, 0.2) is 53.7 Å². The van der Waals surface area contributed by atoms with Crippen molar-refractivity contribution in [2.75, 3.05) is 18.2 Å². The van der Waals surface area contributed by atoms with Gasteiger partial charge in [-0.2, -0.15) is 0 Å². The quantitative estimate of drug-likeness (QED) is 0.411. The van der Waals surface area contributed by atoms with Gasteiger partial charge in [0.05, 0.1) is 6.61 Å². The minimum Gasteiger partial charge on any atom is -0.493 e. The average molecular weight is 365 g/mol. The molecule has 0 amide bonds. The molecule has 0 bridgehead atoms. The Morgan fingerprint density at radius 3 is 2.50 bits per heavy atom. The van der Waals surface area contributed by atoms with Gasteiger partial charge in [-0.1, -0.05) is 23.4 Å². The Bertz CT molecular complexity index is 808. The number of hydrogen-bond donors (Lipinski definition) is 1. The Hall–Kier alpha value is -2.25. The van der Waals surface area contributed by atoms with E-state index >= 15 is 0 Å². The molecule has 0 unspecified atom stereocenters. The zero-order valence-corrected chi connectivity index (χ0v) is 14.1. The van der Waals surface area contributed by atoms with Gasteiger partial charge < -0.3 is 10.6 Å². The molecule has 0 atom stereocenters. The summed E-state index contributed by atoms with van der Waals surface area (Å²) in [6.45, 7) is 0.444. The first kappa shape index (κ1) is 16.6. The minimum atomic E-state index is -0.289. The van der Waals surface area contributed by atoms with Crippen molar-refractivity contribution in [3.63, 3.8) is 0 Å². The molecular formula is C16H14ClFN4OS. The summed E-state index contributed by atoms with van der Waals surface area (Å²) in [6.07, 6.45) is 0. The van der Waals surface area contributed by atoms with Crippen LogP contribution in [0.25, 0.3) is 11.4 Å². The number of ether oxygens (including phenoxy) is 1. The van der Waals surface area contributed by atoms with Crippen LogP contribution in [-0.4, -0.2) is 27.2 Å². The van der Waals surface area contributed by atoms with Crippen LogP contribution in [0.2, 0.25) is 5.02 Å². The summed E-state index contributed by atoms with van der Waals surface area (Å²) in [5.41, 5.74) is 0.837. The summed E-state index contributed by atoms with van der Waals surface area (Å²) >= 11 is 7.30. The van der Waals surface area contributed by atoms with Gasteiger partial charge in [0.1, 0.15) is 11.6 Å². The molecule has 0 radical (unpaired) electrons. The predicted molar refractivity (Wildman–Crippen MR) is 93.2 cm³/mol. The Kier molecular flexibility index (Phi) is 5.22. The molecule has 3 aromatic rings. The molecular weight excluding hydrogens is 351 g/mol. The molecule has 0 saturated carbocycles. The highest BCUT2D eigenvalue weighted by Crippen LogP contribution is 2.23. The lowest BCUT2D eigenvalue weighted by atomic mass is 10.2. The summed E-state index contributed by atoms with van der Waals surface area (Å²) in [7, 11) is 0. The highest BCUT2D eigenvalue weighted by Gasteiger charge is 2.12. The van der Waals surface area contributed by atoms with Crippen molar-refractivity contribution in [1.29, 1.82) is 0 Å². The highest BCUT2D eigenvalue weighted by atomic mass is 35.5. The fourth-order valence-electron chi connectivity index (χ4n) is 1.99. The van der Waals surface area contributed by atoms with Gasteiger partial charge in [0.25, 0.3) is 0 Å². The molecule has 0 aliphatic heterocycles. The molecule has 0 fully saturated rings. The predicted octanol–water partition coefficient (Wildman–Crippen LogP) is 3.62. The maximum Gasteiger partial charge on any atom is 0.210 e. The van der Waals surface area contributed by atoms with Crippen LogP contribution in [0, 0.1) is 5.82 Å². The van der Waals surface area contributed by atoms with E-state index in [4.69, 9.17) is 22.2 Å². The molecule has 0 spiro atoms. The third-order valence-electron chi connectivity index (χ3n) is 3.16. The van der Waals surface area contributed by atoms with Gasteiger partial charge in [0.15, 0.2) is 5.82 Å². The van der Waals surface area contributed by atoms with E-state index in [0.717, 1.165) is 5.56 Å². The van der Waals surface area contributed by atoms with E-state index in [0.29, 0.717) is 34.1 Å². The van der Waals surface area contributed by atoms with E-state index in [1.807, 2.05) is 12.1 Å². The second-order valence-electron chi connectivity index (χ2n) is 4.83. The highest BCUT2D eigenvalue weighted by molar-refractivity contribution is 7.99. The van der Waals surface area contributed by atoms with Crippen molar-refractivity contribution >= 4 is 23.4 Å². The fourth-order valence-corrected chi connectivity index (χ4v) is 2.79. The van der Waals surface area contributed by atoms with Crippen molar-refractivity contribution in [3.8, 4) is 17.1 Å². The first-order valence-electron chi connectivity index (χ1n) is 7.11. The van der Waals surface area contributed by atoms with Gasteiger partial charge in [-0.05, 0) is 48.5 Å². The molecule has 5 nitrogen and oxygen atoms in total. The Morgan fingerprint density at radius 1 is 1.08 bits per heavy atom. The molecule has 1 heterocycles. The van der Waals surface area contributed by atoms with Gasteiger partial charge in [-0.25, -0.2) is 9.07 Å². The number of benzene rings is 2. The number of nitrogen functional groups attached to an aromatic ring is 1. The maximum atomic E-state index is 12.8. The first-order valence-corrected chi connectivity index (χ1v) is 8.47. The minimum absolute atomic E-state index is 0.289. The van der Waals surface area contributed by atoms with E-state index in [1.165, 1.54) is 28.6 Å². The van der Waals surface area contributed by atoms with E-state index in [-0.39, 0.29) is 5.82 Å². The van der Waals surface area contributed by atoms with Crippen LogP contribution in [0.5, 0.6) is 5.75 Å². The van der Waals surface area contributed by atoms with Crippen LogP contribution in [0.3, 0.4) is 0 Å². The monoisotopic (exact) mass is 364 g/mol. The largest absolute Gasteiger partial charge is 0.493 e. The summed E-state index contributed by atoms with van der Waals surface area (Å²) in [4.78, 5) is 0. The van der Waals surface area contributed by atoms with E-state index < -0.39 is 0 Å². The number of hydrogen-bond acceptors (Lipinski definition) is 5. The van der Waals surface area contributed by atoms with E-state index in [1.54, 1.807) is 24.3 Å². The van der Waals surface area contributed by atoms with Crippen molar-refractivity contribution in [1.82, 2.24) is 14.9 Å². The smallest absolute Gasteiger partial charge is 0.210 e. The molecule has 124 valence electrons. The van der Waals surface area contributed by atoms with Crippen LogP contribution in [-0.2, 0) is 0 Å². The first-order chi connectivity index (χ1) is 11.6. The Morgan fingerprint density at radius 2 is 1.79 bits per heavy atom. The molecule has 2 aromatic carbocycles. The van der Waals surface area contributed by atoms with E-state index in [2.05, 4.69) is 10.2 Å². The van der Waals surface area contributed by atoms with Gasteiger partial charge in [0.2, 0.25) is 5.16 Å². The lowest BCUT2D eigenvalue weighted by molar-refractivity contribution is 0.343. The summed E-state index contributed by atoms with van der Waals surface area (Å²) in [5, 5.41) is 9.42. The number of halogens is 2. The number of nitrogens with zero attached hydrogens (tertiary/aromatic N) is 3. The second kappa shape index (κ2) is 7.55. The van der Waals surface area contributed by atoms with E-state index in [9.17, 15) is 4.39 Å². The summed E-state index contributed by atoms with van der Waals surface area (Å²) in [5.74, 6) is 7.56. The van der Waals surface area contributed by atoms with Gasteiger partial charge in [0, 0.05) is 16.3 Å². The number of nitrogens with two attached hydrogens (primary N) is 1. The zero-order valence-electron chi connectivity index (χ0n) is 12.5. The number of aromatic nitrogens is 3. The molecule has 0 saturated heterocycles. The van der Waals surface area contributed by atoms with Crippen LogP contribution < -0.4 is 10.6 Å². The molecule has 0 aliphatic carbocycles. The van der Waals surface area contributed by atoms with Crippen LogP contribution >= 0.6 is 23.4 Å². The molecule has 0 aliphatic rings. The molecule has 24 heavy (non-hydrogen) atoms. The SMILES string of the molecule is Nn1c(SCCOc2ccc(F)cc2)nnc1-c1ccc(Cl)cc1. The normalized spacial score (nSPS) is 10.8. The van der Waals surface area contributed by atoms with Crippen LogP contribution in [0.4, 0.5) is 4.39 Å². The Labute approximate surface area is 147 Å². The van der Waals surface area contributed by atoms with Crippen molar-refractivity contribution in [2.45, 2.75) is 5.16 Å². The molecule has 8 heteroatoms. The summed E-state index contributed by atoms with van der Waals surface area (Å²) in [6, 6.07) is 13.1. The van der Waals surface area contributed by atoms with Crippen molar-refractivity contribution in [2.24, 2.45) is 0 Å². The van der Waals surface area contributed by atoms with Crippen molar-refractivity contribution in [3.05, 3.63) is 59.4 Å². The molecule has 2 N–H and O–H groups in total. The lowest BCUT2D eigenvalue weighted by Crippen LogP contribution is -2.12. The van der Waals surface area contributed by atoms with Gasteiger partial charge in [-0.15, -0.1) is 10.2 Å². The second-order valence-corrected chi connectivity index (χ2v) is 6.33. The van der Waals surface area contributed by atoms with Crippen molar-refractivity contribution < 1.29 is 9.13 Å². The molecule has 1 aromatic heterocycles.